The molecule has 0 saturated carbocycles. The van der Waals surface area contributed by atoms with Gasteiger partial charge in [-0.3, -0.25) is 14.9 Å². The third-order valence-corrected chi connectivity index (χ3v) is 3.61. The molecule has 0 aliphatic rings. The zero-order valence-electron chi connectivity index (χ0n) is 10.7. The van der Waals surface area contributed by atoms with Crippen molar-refractivity contribution >= 4 is 33.2 Å². The number of amides is 1. The van der Waals surface area contributed by atoms with Gasteiger partial charge >= 0.3 is 0 Å². The molecule has 0 bridgehead atoms. The average molecular weight is 330 g/mol. The van der Waals surface area contributed by atoms with Crippen LogP contribution in [0.1, 0.15) is 20.3 Å². The first-order valence-electron chi connectivity index (χ1n) is 5.87. The lowest BCUT2D eigenvalue weighted by Crippen LogP contribution is -2.40. The highest BCUT2D eigenvalue weighted by molar-refractivity contribution is 9.10. The standard InChI is InChI=1S/C12H16BrN3O3/c1-3-7(2)11(14)12(17)15-8-4-5-10(16(18)19)9(13)6-8/h4-7,11H,3,14H2,1-2H3,(H,15,17)/t7-,11-/m0/s1. The Kier molecular flexibility index (Phi) is 5.44. The van der Waals surface area contributed by atoms with Crippen LogP contribution in [0.25, 0.3) is 0 Å². The molecule has 0 radical (unpaired) electrons. The number of anilines is 1. The first-order valence-corrected chi connectivity index (χ1v) is 6.66. The van der Waals surface area contributed by atoms with E-state index in [0.29, 0.717) is 10.2 Å². The average Bonchev–Trinajstić information content (AvgIpc) is 2.36. The SMILES string of the molecule is CC[C@H](C)[C@H](N)C(=O)Nc1ccc([N+](=O)[O-])c(Br)c1. The van der Waals surface area contributed by atoms with Crippen molar-refractivity contribution < 1.29 is 9.72 Å². The minimum Gasteiger partial charge on any atom is -0.325 e. The van der Waals surface area contributed by atoms with Gasteiger partial charge in [-0.15, -0.1) is 0 Å². The number of hydrogen-bond donors (Lipinski definition) is 2. The number of halogens is 1. The van der Waals surface area contributed by atoms with E-state index in [1.165, 1.54) is 18.2 Å². The molecule has 1 rings (SSSR count). The second-order valence-corrected chi connectivity index (χ2v) is 5.18. The molecule has 0 fully saturated rings. The Hall–Kier alpha value is -1.47. The van der Waals surface area contributed by atoms with Crippen LogP contribution in [0, 0.1) is 16.0 Å². The summed E-state index contributed by atoms with van der Waals surface area (Å²) in [4.78, 5) is 22.0. The minimum absolute atomic E-state index is 0.0516. The van der Waals surface area contributed by atoms with Crippen molar-refractivity contribution in [2.24, 2.45) is 11.7 Å². The fraction of sp³-hybridized carbons (Fsp3) is 0.417. The van der Waals surface area contributed by atoms with Crippen LogP contribution < -0.4 is 11.1 Å². The molecule has 0 aliphatic heterocycles. The number of nitrogens with one attached hydrogen (secondary N) is 1. The van der Waals surface area contributed by atoms with E-state index in [2.05, 4.69) is 21.2 Å². The maximum Gasteiger partial charge on any atom is 0.283 e. The lowest BCUT2D eigenvalue weighted by atomic mass is 9.99. The van der Waals surface area contributed by atoms with E-state index in [1.807, 2.05) is 13.8 Å². The molecule has 1 amide bonds. The highest BCUT2D eigenvalue weighted by Gasteiger charge is 2.20. The Balaban J connectivity index is 2.81. The summed E-state index contributed by atoms with van der Waals surface area (Å²) in [5.74, 6) is -0.225. The van der Waals surface area contributed by atoms with Crippen molar-refractivity contribution in [1.29, 1.82) is 0 Å². The summed E-state index contributed by atoms with van der Waals surface area (Å²) in [5, 5.41) is 13.3. The summed E-state index contributed by atoms with van der Waals surface area (Å²) in [7, 11) is 0. The topological polar surface area (TPSA) is 98.3 Å². The molecule has 3 N–H and O–H groups in total. The summed E-state index contributed by atoms with van der Waals surface area (Å²) >= 11 is 3.09. The van der Waals surface area contributed by atoms with E-state index in [0.717, 1.165) is 6.42 Å². The highest BCUT2D eigenvalue weighted by atomic mass is 79.9. The monoisotopic (exact) mass is 329 g/mol. The fourth-order valence-electron chi connectivity index (χ4n) is 1.47. The number of rotatable bonds is 5. The first-order chi connectivity index (χ1) is 8.86. The van der Waals surface area contributed by atoms with Crippen LogP contribution >= 0.6 is 15.9 Å². The van der Waals surface area contributed by atoms with Gasteiger partial charge in [0.25, 0.3) is 5.69 Å². The van der Waals surface area contributed by atoms with Crippen LogP contribution in [0.15, 0.2) is 22.7 Å². The van der Waals surface area contributed by atoms with Gasteiger partial charge in [0.2, 0.25) is 5.91 Å². The fourth-order valence-corrected chi connectivity index (χ4v) is 1.99. The van der Waals surface area contributed by atoms with Crippen LogP contribution in [-0.2, 0) is 4.79 Å². The number of nitro groups is 1. The lowest BCUT2D eigenvalue weighted by Gasteiger charge is -2.17. The maximum absolute atomic E-state index is 11.9. The Bertz CT molecular complexity index is 493. The van der Waals surface area contributed by atoms with Crippen molar-refractivity contribution in [2.45, 2.75) is 26.3 Å². The van der Waals surface area contributed by atoms with Gasteiger partial charge in [0.1, 0.15) is 0 Å². The molecule has 104 valence electrons. The minimum atomic E-state index is -0.598. The quantitative estimate of drug-likeness (QED) is 0.640. The maximum atomic E-state index is 11.9. The van der Waals surface area contributed by atoms with Crippen LogP contribution in [0.3, 0.4) is 0 Å². The molecule has 0 aromatic heterocycles. The van der Waals surface area contributed by atoms with Gasteiger partial charge in [-0.05, 0) is 34.0 Å². The summed E-state index contributed by atoms with van der Waals surface area (Å²) in [6.07, 6.45) is 0.804. The third kappa shape index (κ3) is 4.00. The first kappa shape index (κ1) is 15.6. The van der Waals surface area contributed by atoms with E-state index in [9.17, 15) is 14.9 Å². The molecule has 0 heterocycles. The van der Waals surface area contributed by atoms with Crippen molar-refractivity contribution in [3.63, 3.8) is 0 Å². The van der Waals surface area contributed by atoms with Crippen LogP contribution in [0.4, 0.5) is 11.4 Å². The molecule has 1 aromatic rings. The predicted octanol–water partition coefficient (Wildman–Crippen LogP) is 2.67. The largest absolute Gasteiger partial charge is 0.325 e. The van der Waals surface area contributed by atoms with Crippen molar-refractivity contribution in [2.75, 3.05) is 5.32 Å². The molecule has 19 heavy (non-hydrogen) atoms. The summed E-state index contributed by atoms with van der Waals surface area (Å²) in [6.45, 7) is 3.86. The zero-order chi connectivity index (χ0) is 14.6. The van der Waals surface area contributed by atoms with E-state index in [1.54, 1.807) is 0 Å². The second-order valence-electron chi connectivity index (χ2n) is 4.32. The zero-order valence-corrected chi connectivity index (χ0v) is 12.3. The van der Waals surface area contributed by atoms with E-state index < -0.39 is 11.0 Å². The molecule has 0 saturated heterocycles. The number of nitro benzene ring substituents is 1. The Labute approximate surface area is 119 Å². The van der Waals surface area contributed by atoms with Crippen LogP contribution in [0.5, 0.6) is 0 Å². The van der Waals surface area contributed by atoms with Gasteiger partial charge in [0, 0.05) is 11.8 Å². The van der Waals surface area contributed by atoms with Gasteiger partial charge < -0.3 is 11.1 Å². The number of carbonyl (C=O) groups excluding carboxylic acids is 1. The molecule has 2 atom stereocenters. The smallest absolute Gasteiger partial charge is 0.283 e. The lowest BCUT2D eigenvalue weighted by molar-refractivity contribution is -0.385. The molecule has 0 unspecified atom stereocenters. The highest BCUT2D eigenvalue weighted by Crippen LogP contribution is 2.27. The third-order valence-electron chi connectivity index (χ3n) is 2.97. The van der Waals surface area contributed by atoms with Gasteiger partial charge in [-0.2, -0.15) is 0 Å². The number of nitrogens with zero attached hydrogens (tertiary/aromatic N) is 1. The Morgan fingerprint density at radius 3 is 2.68 bits per heavy atom. The van der Waals surface area contributed by atoms with Crippen molar-refractivity contribution in [3.8, 4) is 0 Å². The van der Waals surface area contributed by atoms with Crippen LogP contribution in [-0.4, -0.2) is 16.9 Å². The van der Waals surface area contributed by atoms with Gasteiger partial charge in [-0.25, -0.2) is 0 Å². The number of nitrogens with two attached hydrogens (primary N) is 1. The molecule has 1 aromatic carbocycles. The molecule has 0 spiro atoms. The van der Waals surface area contributed by atoms with Gasteiger partial charge in [0.15, 0.2) is 0 Å². The van der Waals surface area contributed by atoms with Crippen LogP contribution in [0.2, 0.25) is 0 Å². The van der Waals surface area contributed by atoms with E-state index >= 15 is 0 Å². The van der Waals surface area contributed by atoms with E-state index in [-0.39, 0.29) is 17.5 Å². The number of benzene rings is 1. The molecule has 7 heteroatoms. The van der Waals surface area contributed by atoms with E-state index in [4.69, 9.17) is 5.73 Å². The number of carbonyl (C=O) groups is 1. The normalized spacial score (nSPS) is 13.7. The summed E-state index contributed by atoms with van der Waals surface area (Å²) < 4.78 is 0.312. The summed E-state index contributed by atoms with van der Waals surface area (Å²) in [5.41, 5.74) is 6.22. The van der Waals surface area contributed by atoms with Gasteiger partial charge in [0.05, 0.1) is 15.4 Å². The second kappa shape index (κ2) is 6.63. The molecular weight excluding hydrogens is 314 g/mol. The number of hydrogen-bond acceptors (Lipinski definition) is 4. The van der Waals surface area contributed by atoms with Crippen molar-refractivity contribution in [3.05, 3.63) is 32.8 Å². The molecule has 0 aliphatic carbocycles. The summed E-state index contributed by atoms with van der Waals surface area (Å²) in [6, 6.07) is 3.69. The van der Waals surface area contributed by atoms with Gasteiger partial charge in [-0.1, -0.05) is 20.3 Å². The molecular formula is C12H16BrN3O3. The predicted molar refractivity (Wildman–Crippen MR) is 76.9 cm³/mol. The molecule has 6 nitrogen and oxygen atoms in total. The Morgan fingerprint density at radius 2 is 2.21 bits per heavy atom. The van der Waals surface area contributed by atoms with Crippen molar-refractivity contribution in [1.82, 2.24) is 0 Å². The Morgan fingerprint density at radius 1 is 1.58 bits per heavy atom.